The molecule has 0 aromatic heterocycles. The molecule has 0 saturated carbocycles. The number of fused-ring (bicyclic) bond motifs is 1. The van der Waals surface area contributed by atoms with E-state index in [1.54, 1.807) is 0 Å². The van der Waals surface area contributed by atoms with Crippen LogP contribution in [0.4, 0.5) is 10.5 Å². The highest BCUT2D eigenvalue weighted by atomic mass is 16.5. The molecule has 0 fully saturated rings. The lowest BCUT2D eigenvalue weighted by Crippen LogP contribution is -2.45. The maximum Gasteiger partial charge on any atom is 0.317 e. The Morgan fingerprint density at radius 2 is 1.93 bits per heavy atom. The number of methoxy groups -OCH3 is 1. The third kappa shape index (κ3) is 5.35. The van der Waals surface area contributed by atoms with Crippen LogP contribution in [0.15, 0.2) is 48.5 Å². The van der Waals surface area contributed by atoms with E-state index in [4.69, 9.17) is 4.74 Å². The minimum atomic E-state index is -0.208. The molecule has 1 heterocycles. The van der Waals surface area contributed by atoms with Crippen molar-refractivity contribution >= 4 is 17.6 Å². The molecule has 154 valence electrons. The molecule has 0 aliphatic carbocycles. The van der Waals surface area contributed by atoms with E-state index in [1.165, 1.54) is 18.2 Å². The van der Waals surface area contributed by atoms with Crippen LogP contribution in [0.2, 0.25) is 0 Å². The van der Waals surface area contributed by atoms with E-state index in [2.05, 4.69) is 48.7 Å². The van der Waals surface area contributed by atoms with Crippen molar-refractivity contribution in [2.75, 3.05) is 32.1 Å². The predicted molar refractivity (Wildman–Crippen MR) is 114 cm³/mol. The summed E-state index contributed by atoms with van der Waals surface area (Å²) in [5.41, 5.74) is 4.13. The van der Waals surface area contributed by atoms with Crippen molar-refractivity contribution in [3.63, 3.8) is 0 Å². The summed E-state index contributed by atoms with van der Waals surface area (Å²) in [4.78, 5) is 26.4. The number of carbonyl (C=O) groups is 2. The summed E-state index contributed by atoms with van der Waals surface area (Å²) in [6.07, 6.45) is 0.855. The predicted octanol–water partition coefficient (Wildman–Crippen LogP) is 3.32. The summed E-state index contributed by atoms with van der Waals surface area (Å²) in [5, 5.41) is 5.79. The number of anilines is 1. The van der Waals surface area contributed by atoms with Crippen LogP contribution in [-0.2, 0) is 27.9 Å². The van der Waals surface area contributed by atoms with Gasteiger partial charge in [-0.3, -0.25) is 4.79 Å². The first-order valence-electron chi connectivity index (χ1n) is 9.88. The Balaban J connectivity index is 1.61. The first kappa shape index (κ1) is 20.9. The van der Waals surface area contributed by atoms with Crippen molar-refractivity contribution in [3.8, 4) is 0 Å². The molecule has 0 unspecified atom stereocenters. The second kappa shape index (κ2) is 9.09. The molecule has 1 aliphatic heterocycles. The fourth-order valence-electron chi connectivity index (χ4n) is 3.85. The van der Waals surface area contributed by atoms with Gasteiger partial charge in [0.05, 0.1) is 0 Å². The van der Waals surface area contributed by atoms with Crippen molar-refractivity contribution in [3.05, 3.63) is 65.2 Å². The van der Waals surface area contributed by atoms with Gasteiger partial charge in [0.25, 0.3) is 0 Å². The van der Waals surface area contributed by atoms with Crippen LogP contribution in [0.25, 0.3) is 0 Å². The Bertz CT molecular complexity index is 879. The first-order valence-corrected chi connectivity index (χ1v) is 9.88. The number of ether oxygens (including phenoxy) is 1. The van der Waals surface area contributed by atoms with Gasteiger partial charge in [-0.2, -0.15) is 0 Å². The van der Waals surface area contributed by atoms with E-state index in [1.807, 2.05) is 29.2 Å². The van der Waals surface area contributed by atoms with E-state index in [-0.39, 0.29) is 24.0 Å². The van der Waals surface area contributed by atoms with E-state index in [0.717, 1.165) is 12.0 Å². The molecule has 0 atom stereocenters. The normalized spacial score (nSPS) is 15.2. The zero-order valence-electron chi connectivity index (χ0n) is 17.3. The van der Waals surface area contributed by atoms with Gasteiger partial charge in [-0.05, 0) is 35.2 Å². The van der Waals surface area contributed by atoms with Crippen molar-refractivity contribution in [2.24, 2.45) is 0 Å². The van der Waals surface area contributed by atoms with Crippen molar-refractivity contribution in [2.45, 2.75) is 32.2 Å². The van der Waals surface area contributed by atoms with Crippen LogP contribution in [0.3, 0.4) is 0 Å². The lowest BCUT2D eigenvalue weighted by Gasteiger charge is -2.31. The van der Waals surface area contributed by atoms with E-state index in [0.29, 0.717) is 25.3 Å². The molecule has 3 rings (SSSR count). The Morgan fingerprint density at radius 3 is 2.72 bits per heavy atom. The molecule has 6 heteroatoms. The standard InChI is InChI=1S/C23H29N3O3/c1-23(2)16-26(12-11-18-8-4-5-10-20(18)23)22(28)24-14-17-7-6-9-19(13-17)25-21(27)15-29-3/h4-10,13H,11-12,14-16H2,1-3H3,(H,24,28)(H,25,27). The molecule has 0 radical (unpaired) electrons. The molecule has 2 N–H and O–H groups in total. The zero-order chi connectivity index (χ0) is 20.9. The Hall–Kier alpha value is -2.86. The van der Waals surface area contributed by atoms with Crippen LogP contribution in [0, 0.1) is 0 Å². The van der Waals surface area contributed by atoms with Gasteiger partial charge in [0.2, 0.25) is 5.91 Å². The topological polar surface area (TPSA) is 70.7 Å². The van der Waals surface area contributed by atoms with E-state index >= 15 is 0 Å². The second-order valence-electron chi connectivity index (χ2n) is 8.05. The highest BCUT2D eigenvalue weighted by Gasteiger charge is 2.31. The number of carbonyl (C=O) groups excluding carboxylic acids is 2. The number of nitrogens with one attached hydrogen (secondary N) is 2. The minimum absolute atomic E-state index is 0.00803. The summed E-state index contributed by atoms with van der Waals surface area (Å²) < 4.78 is 4.83. The summed E-state index contributed by atoms with van der Waals surface area (Å²) in [6.45, 7) is 6.14. The van der Waals surface area contributed by atoms with Crippen molar-refractivity contribution in [1.29, 1.82) is 0 Å². The molecule has 3 amide bonds. The molecule has 29 heavy (non-hydrogen) atoms. The number of urea groups is 1. The molecule has 0 bridgehead atoms. The minimum Gasteiger partial charge on any atom is -0.375 e. The van der Waals surface area contributed by atoms with Gasteiger partial charge < -0.3 is 20.3 Å². The molecular weight excluding hydrogens is 366 g/mol. The third-order valence-electron chi connectivity index (χ3n) is 5.20. The lowest BCUT2D eigenvalue weighted by molar-refractivity contribution is -0.119. The van der Waals surface area contributed by atoms with Crippen LogP contribution in [-0.4, -0.2) is 43.6 Å². The monoisotopic (exact) mass is 395 g/mol. The first-order chi connectivity index (χ1) is 13.9. The van der Waals surface area contributed by atoms with Gasteiger partial charge in [-0.15, -0.1) is 0 Å². The van der Waals surface area contributed by atoms with Crippen LogP contribution in [0.1, 0.15) is 30.5 Å². The fraction of sp³-hybridized carbons (Fsp3) is 0.391. The fourth-order valence-corrected chi connectivity index (χ4v) is 3.85. The molecule has 1 aliphatic rings. The summed E-state index contributed by atoms with van der Waals surface area (Å²) in [6, 6.07) is 15.8. The molecule has 2 aromatic rings. The molecule has 0 spiro atoms. The Morgan fingerprint density at radius 1 is 1.14 bits per heavy atom. The summed E-state index contributed by atoms with van der Waals surface area (Å²) >= 11 is 0. The largest absolute Gasteiger partial charge is 0.375 e. The Kier molecular flexibility index (Phi) is 6.54. The number of rotatable bonds is 5. The average molecular weight is 396 g/mol. The van der Waals surface area contributed by atoms with E-state index in [9.17, 15) is 9.59 Å². The van der Waals surface area contributed by atoms with Gasteiger partial charge in [-0.25, -0.2) is 4.79 Å². The van der Waals surface area contributed by atoms with Gasteiger partial charge >= 0.3 is 6.03 Å². The van der Waals surface area contributed by atoms with Crippen molar-refractivity contribution < 1.29 is 14.3 Å². The molecule has 6 nitrogen and oxygen atoms in total. The number of nitrogens with zero attached hydrogens (tertiary/aromatic N) is 1. The highest BCUT2D eigenvalue weighted by molar-refractivity contribution is 5.91. The lowest BCUT2D eigenvalue weighted by atomic mass is 9.82. The Labute approximate surface area is 172 Å². The zero-order valence-corrected chi connectivity index (χ0v) is 17.3. The number of benzene rings is 2. The maximum absolute atomic E-state index is 12.8. The number of hydrogen-bond acceptors (Lipinski definition) is 3. The van der Waals surface area contributed by atoms with Gasteiger partial charge in [-0.1, -0.05) is 50.2 Å². The van der Waals surface area contributed by atoms with Crippen LogP contribution < -0.4 is 10.6 Å². The molecule has 0 saturated heterocycles. The SMILES string of the molecule is COCC(=O)Nc1cccc(CNC(=O)N2CCc3ccccc3C(C)(C)C2)c1. The van der Waals surface area contributed by atoms with Crippen LogP contribution >= 0.6 is 0 Å². The van der Waals surface area contributed by atoms with E-state index < -0.39 is 0 Å². The van der Waals surface area contributed by atoms with Gasteiger partial charge in [0, 0.05) is 37.8 Å². The molecule has 2 aromatic carbocycles. The van der Waals surface area contributed by atoms with Crippen LogP contribution in [0.5, 0.6) is 0 Å². The average Bonchev–Trinajstić information content (AvgIpc) is 2.83. The van der Waals surface area contributed by atoms with Gasteiger partial charge in [0.15, 0.2) is 0 Å². The number of hydrogen-bond donors (Lipinski definition) is 2. The maximum atomic E-state index is 12.8. The quantitative estimate of drug-likeness (QED) is 0.816. The molecular formula is C23H29N3O3. The van der Waals surface area contributed by atoms with Crippen molar-refractivity contribution in [1.82, 2.24) is 10.2 Å². The summed E-state index contributed by atoms with van der Waals surface area (Å²) in [7, 11) is 1.48. The highest BCUT2D eigenvalue weighted by Crippen LogP contribution is 2.30. The second-order valence-corrected chi connectivity index (χ2v) is 8.05. The smallest absolute Gasteiger partial charge is 0.317 e. The number of amides is 3. The third-order valence-corrected chi connectivity index (χ3v) is 5.20. The summed E-state index contributed by atoms with van der Waals surface area (Å²) in [5.74, 6) is -0.208. The van der Waals surface area contributed by atoms with Gasteiger partial charge in [0.1, 0.15) is 6.61 Å².